The molecule has 0 saturated heterocycles. The van der Waals surface area contributed by atoms with Gasteiger partial charge >= 0.3 is 0 Å². The maximum absolute atomic E-state index is 4.19. The van der Waals surface area contributed by atoms with Crippen molar-refractivity contribution in [3.63, 3.8) is 0 Å². The highest BCUT2D eigenvalue weighted by Gasteiger charge is 2.07. The van der Waals surface area contributed by atoms with Gasteiger partial charge in [0.05, 0.1) is 0 Å². The van der Waals surface area contributed by atoms with Crippen LogP contribution in [-0.2, 0) is 0 Å². The Morgan fingerprint density at radius 1 is 1.50 bits per heavy atom. The van der Waals surface area contributed by atoms with Gasteiger partial charge in [0.25, 0.3) is 0 Å². The zero-order valence-corrected chi connectivity index (χ0v) is 8.32. The summed E-state index contributed by atoms with van der Waals surface area (Å²) in [5, 5.41) is 3.23. The maximum atomic E-state index is 4.19. The van der Waals surface area contributed by atoms with Crippen molar-refractivity contribution in [2.24, 2.45) is 0 Å². The van der Waals surface area contributed by atoms with Crippen LogP contribution in [0, 0.1) is 0 Å². The van der Waals surface area contributed by atoms with Crippen LogP contribution in [0.4, 0.5) is 5.82 Å². The second-order valence-electron chi connectivity index (χ2n) is 2.13. The molecule has 0 aromatic carbocycles. The van der Waals surface area contributed by atoms with Crippen LogP contribution in [0.15, 0.2) is 23.2 Å². The molecule has 0 aliphatic carbocycles. The smallest absolute Gasteiger partial charge is 0.139 e. The lowest BCUT2D eigenvalue weighted by molar-refractivity contribution is 1.10. The van der Waals surface area contributed by atoms with E-state index in [4.69, 9.17) is 0 Å². The van der Waals surface area contributed by atoms with Gasteiger partial charge in [-0.05, 0) is 12.1 Å². The van der Waals surface area contributed by atoms with Crippen LogP contribution in [0.25, 0.3) is 0 Å². The number of fused-ring (bicyclic) bond motifs is 1. The van der Waals surface area contributed by atoms with E-state index >= 15 is 0 Å². The monoisotopic (exact) mass is 182 g/mol. The van der Waals surface area contributed by atoms with Crippen molar-refractivity contribution in [3.05, 3.63) is 18.3 Å². The zero-order valence-electron chi connectivity index (χ0n) is 7.50. The predicted octanol–water partition coefficient (Wildman–Crippen LogP) is 2.63. The molecule has 0 unspecified atom stereocenters. The summed E-state index contributed by atoms with van der Waals surface area (Å²) < 4.78 is 0. The van der Waals surface area contributed by atoms with Crippen molar-refractivity contribution >= 4 is 17.6 Å². The van der Waals surface area contributed by atoms with Gasteiger partial charge in [0.2, 0.25) is 0 Å². The minimum absolute atomic E-state index is 1.04. The molecule has 2 heterocycles. The van der Waals surface area contributed by atoms with Gasteiger partial charge in [0, 0.05) is 23.4 Å². The lowest BCUT2D eigenvalue weighted by Crippen LogP contribution is -2.10. The summed E-state index contributed by atoms with van der Waals surface area (Å²) in [7, 11) is 0. The Morgan fingerprint density at radius 2 is 2.33 bits per heavy atom. The average Bonchev–Trinajstić information content (AvgIpc) is 2.21. The molecule has 1 aliphatic heterocycles. The number of thioether (sulfide) groups is 1. The van der Waals surface area contributed by atoms with Crippen LogP contribution in [0.1, 0.15) is 13.8 Å². The third-order valence-electron chi connectivity index (χ3n) is 1.42. The van der Waals surface area contributed by atoms with E-state index in [-0.39, 0.29) is 0 Å². The molecule has 1 aromatic heterocycles. The molecule has 12 heavy (non-hydrogen) atoms. The fourth-order valence-corrected chi connectivity index (χ4v) is 1.83. The largest absolute Gasteiger partial charge is 0.368 e. The lowest BCUT2D eigenvalue weighted by atomic mass is 10.4. The van der Waals surface area contributed by atoms with Crippen LogP contribution in [0.2, 0.25) is 0 Å². The van der Waals surface area contributed by atoms with Crippen LogP contribution in [0.3, 0.4) is 0 Å². The first-order valence-corrected chi connectivity index (χ1v) is 5.27. The topological polar surface area (TPSA) is 24.9 Å². The molecule has 0 bridgehead atoms. The van der Waals surface area contributed by atoms with Crippen molar-refractivity contribution < 1.29 is 0 Å². The van der Waals surface area contributed by atoms with Crippen molar-refractivity contribution in [2.45, 2.75) is 18.7 Å². The van der Waals surface area contributed by atoms with Gasteiger partial charge in [0.15, 0.2) is 0 Å². The molecule has 2 rings (SSSR count). The number of nitrogens with one attached hydrogen (secondary N) is 1. The Kier molecular flexibility index (Phi) is 3.94. The molecule has 0 atom stereocenters. The predicted molar refractivity (Wildman–Crippen MR) is 54.8 cm³/mol. The normalized spacial score (nSPS) is 13.5. The quantitative estimate of drug-likeness (QED) is 0.667. The van der Waals surface area contributed by atoms with Crippen molar-refractivity contribution in [1.29, 1.82) is 0 Å². The van der Waals surface area contributed by atoms with Gasteiger partial charge in [-0.15, -0.1) is 11.8 Å². The van der Waals surface area contributed by atoms with Gasteiger partial charge in [0.1, 0.15) is 5.82 Å². The Hall–Kier alpha value is -0.700. The summed E-state index contributed by atoms with van der Waals surface area (Å²) in [6.45, 7) is 5.04. The standard InChI is InChI=1S/C7H8N2S.C2H6/c1-2-6-7(8-3-1)9-4-5-10-6;1-2/h1-3H,4-5H2,(H,8,9);1-2H3. The Balaban J connectivity index is 0.000000336. The number of pyridine rings is 1. The molecule has 3 heteroatoms. The number of nitrogens with zero attached hydrogens (tertiary/aromatic N) is 1. The fourth-order valence-electron chi connectivity index (χ4n) is 0.970. The third kappa shape index (κ3) is 2.14. The molecule has 0 spiro atoms. The zero-order chi connectivity index (χ0) is 8.81. The fraction of sp³-hybridized carbons (Fsp3) is 0.444. The van der Waals surface area contributed by atoms with E-state index in [0.29, 0.717) is 0 Å². The number of hydrogen-bond donors (Lipinski definition) is 1. The number of anilines is 1. The highest BCUT2D eigenvalue weighted by atomic mass is 32.2. The molecular formula is C9H14N2S. The van der Waals surface area contributed by atoms with E-state index in [0.717, 1.165) is 18.1 Å². The summed E-state index contributed by atoms with van der Waals surface area (Å²) in [5.41, 5.74) is 0. The number of rotatable bonds is 0. The summed E-state index contributed by atoms with van der Waals surface area (Å²) in [6.07, 6.45) is 1.82. The summed E-state index contributed by atoms with van der Waals surface area (Å²) in [5.74, 6) is 2.19. The minimum Gasteiger partial charge on any atom is -0.368 e. The molecular weight excluding hydrogens is 168 g/mol. The first-order chi connectivity index (χ1) is 5.97. The molecule has 0 amide bonds. The van der Waals surface area contributed by atoms with Crippen molar-refractivity contribution in [3.8, 4) is 0 Å². The van der Waals surface area contributed by atoms with Crippen LogP contribution < -0.4 is 5.32 Å². The molecule has 0 radical (unpaired) electrons. The second-order valence-corrected chi connectivity index (χ2v) is 3.26. The van der Waals surface area contributed by atoms with Crippen LogP contribution in [0.5, 0.6) is 0 Å². The van der Waals surface area contributed by atoms with Crippen LogP contribution >= 0.6 is 11.8 Å². The van der Waals surface area contributed by atoms with E-state index < -0.39 is 0 Å². The SMILES string of the molecule is CC.c1cnc2c(c1)SCCN2. The van der Waals surface area contributed by atoms with Crippen molar-refractivity contribution in [1.82, 2.24) is 4.98 Å². The minimum atomic E-state index is 1.04. The molecule has 1 aliphatic rings. The van der Waals surface area contributed by atoms with Gasteiger partial charge in [-0.25, -0.2) is 4.98 Å². The Labute approximate surface area is 77.8 Å². The number of aromatic nitrogens is 1. The van der Waals surface area contributed by atoms with E-state index in [1.807, 2.05) is 37.9 Å². The second kappa shape index (κ2) is 5.04. The molecule has 1 aromatic rings. The van der Waals surface area contributed by atoms with Gasteiger partial charge in [-0.2, -0.15) is 0 Å². The molecule has 2 nitrogen and oxygen atoms in total. The number of hydrogen-bond acceptors (Lipinski definition) is 3. The van der Waals surface area contributed by atoms with E-state index in [9.17, 15) is 0 Å². The van der Waals surface area contributed by atoms with E-state index in [1.54, 1.807) is 0 Å². The first kappa shape index (κ1) is 9.39. The van der Waals surface area contributed by atoms with Gasteiger partial charge in [-0.3, -0.25) is 0 Å². The highest BCUT2D eigenvalue weighted by molar-refractivity contribution is 7.99. The van der Waals surface area contributed by atoms with Crippen LogP contribution in [-0.4, -0.2) is 17.3 Å². The van der Waals surface area contributed by atoms with E-state index in [2.05, 4.69) is 16.4 Å². The van der Waals surface area contributed by atoms with Crippen molar-refractivity contribution in [2.75, 3.05) is 17.6 Å². The Bertz CT molecular complexity index is 213. The Morgan fingerprint density at radius 3 is 3.08 bits per heavy atom. The van der Waals surface area contributed by atoms with Gasteiger partial charge < -0.3 is 5.32 Å². The first-order valence-electron chi connectivity index (χ1n) is 4.28. The lowest BCUT2D eigenvalue weighted by Gasteiger charge is -2.14. The average molecular weight is 182 g/mol. The molecule has 0 fully saturated rings. The summed E-state index contributed by atoms with van der Waals surface area (Å²) in [6, 6.07) is 4.07. The maximum Gasteiger partial charge on any atom is 0.139 e. The van der Waals surface area contributed by atoms with Gasteiger partial charge in [-0.1, -0.05) is 13.8 Å². The third-order valence-corrected chi connectivity index (χ3v) is 2.47. The molecule has 66 valence electrons. The highest BCUT2D eigenvalue weighted by Crippen LogP contribution is 2.27. The summed E-state index contributed by atoms with van der Waals surface area (Å²) >= 11 is 1.86. The van der Waals surface area contributed by atoms with E-state index in [1.165, 1.54) is 4.90 Å². The molecule has 0 saturated carbocycles. The molecule has 1 N–H and O–H groups in total. The summed E-state index contributed by atoms with van der Waals surface area (Å²) in [4.78, 5) is 5.46.